The summed E-state index contributed by atoms with van der Waals surface area (Å²) in [5.41, 5.74) is 0.776. The smallest absolute Gasteiger partial charge is 0.319 e. The van der Waals surface area contributed by atoms with Crippen LogP contribution in [0.1, 0.15) is 5.56 Å². The fraction of sp³-hybridized carbons (Fsp3) is 0.462. The van der Waals surface area contributed by atoms with Crippen LogP contribution in [0.2, 0.25) is 5.02 Å². The van der Waals surface area contributed by atoms with E-state index in [4.69, 9.17) is 21.1 Å². The van der Waals surface area contributed by atoms with Gasteiger partial charge in [0.1, 0.15) is 5.82 Å². The molecule has 0 aromatic heterocycles. The fourth-order valence-corrected chi connectivity index (χ4v) is 1.98. The Morgan fingerprint density at radius 1 is 1.50 bits per heavy atom. The molecule has 2 rings (SSSR count). The van der Waals surface area contributed by atoms with Crippen LogP contribution in [0.3, 0.4) is 0 Å². The van der Waals surface area contributed by atoms with Crippen molar-refractivity contribution in [3.05, 3.63) is 28.5 Å². The van der Waals surface area contributed by atoms with Crippen molar-refractivity contribution in [3.8, 4) is 0 Å². The number of carbonyl (C=O) groups is 1. The molecule has 0 aliphatic carbocycles. The SMILES string of the molecule is Cc1cc(NC(=O)NC[C@@H]2COCCO2)c(Cl)cc1F. The summed E-state index contributed by atoms with van der Waals surface area (Å²) in [6, 6.07) is 2.23. The first-order valence-corrected chi connectivity index (χ1v) is 6.64. The molecule has 7 heteroatoms. The summed E-state index contributed by atoms with van der Waals surface area (Å²) >= 11 is 5.87. The minimum Gasteiger partial charge on any atom is -0.376 e. The van der Waals surface area contributed by atoms with Gasteiger partial charge in [-0.3, -0.25) is 0 Å². The maximum atomic E-state index is 13.2. The molecule has 1 aromatic carbocycles. The van der Waals surface area contributed by atoms with Gasteiger partial charge in [-0.2, -0.15) is 0 Å². The number of ether oxygens (including phenoxy) is 2. The quantitative estimate of drug-likeness (QED) is 0.901. The number of anilines is 1. The Bertz CT molecular complexity index is 493. The predicted octanol–water partition coefficient (Wildman–Crippen LogP) is 2.32. The van der Waals surface area contributed by atoms with Crippen LogP contribution in [0.5, 0.6) is 0 Å². The lowest BCUT2D eigenvalue weighted by Crippen LogP contribution is -2.41. The zero-order valence-corrected chi connectivity index (χ0v) is 11.8. The third kappa shape index (κ3) is 4.06. The number of hydrogen-bond acceptors (Lipinski definition) is 3. The summed E-state index contributed by atoms with van der Waals surface area (Å²) in [7, 11) is 0. The van der Waals surface area contributed by atoms with Crippen molar-refractivity contribution in [1.82, 2.24) is 5.32 Å². The lowest BCUT2D eigenvalue weighted by atomic mass is 10.2. The van der Waals surface area contributed by atoms with E-state index in [0.29, 0.717) is 37.6 Å². The minimum atomic E-state index is -0.424. The molecule has 1 aliphatic heterocycles. The zero-order valence-electron chi connectivity index (χ0n) is 11.0. The molecule has 0 spiro atoms. The molecule has 2 N–H and O–H groups in total. The van der Waals surface area contributed by atoms with Crippen LogP contribution in [0.25, 0.3) is 0 Å². The first kappa shape index (κ1) is 15.0. The Hall–Kier alpha value is -1.37. The molecule has 1 atom stereocenters. The third-order valence-electron chi connectivity index (χ3n) is 2.87. The first-order chi connectivity index (χ1) is 9.56. The van der Waals surface area contributed by atoms with E-state index in [2.05, 4.69) is 10.6 Å². The molecular weight excluding hydrogens is 287 g/mol. The van der Waals surface area contributed by atoms with Gasteiger partial charge in [0.2, 0.25) is 0 Å². The van der Waals surface area contributed by atoms with E-state index in [-0.39, 0.29) is 11.1 Å². The molecule has 20 heavy (non-hydrogen) atoms. The number of amides is 2. The second-order valence-electron chi connectivity index (χ2n) is 4.48. The van der Waals surface area contributed by atoms with E-state index in [0.717, 1.165) is 0 Å². The van der Waals surface area contributed by atoms with E-state index >= 15 is 0 Å². The molecule has 0 unspecified atom stereocenters. The van der Waals surface area contributed by atoms with Gasteiger partial charge in [-0.05, 0) is 24.6 Å². The van der Waals surface area contributed by atoms with Crippen LogP contribution in [0, 0.1) is 12.7 Å². The highest BCUT2D eigenvalue weighted by Crippen LogP contribution is 2.24. The lowest BCUT2D eigenvalue weighted by Gasteiger charge is -2.23. The van der Waals surface area contributed by atoms with E-state index in [1.54, 1.807) is 6.92 Å². The number of hydrogen-bond donors (Lipinski definition) is 2. The van der Waals surface area contributed by atoms with Crippen molar-refractivity contribution < 1.29 is 18.7 Å². The second-order valence-corrected chi connectivity index (χ2v) is 4.89. The van der Waals surface area contributed by atoms with Crippen molar-refractivity contribution in [3.63, 3.8) is 0 Å². The monoisotopic (exact) mass is 302 g/mol. The number of rotatable bonds is 3. The fourth-order valence-electron chi connectivity index (χ4n) is 1.78. The number of carbonyl (C=O) groups excluding carboxylic acids is 1. The van der Waals surface area contributed by atoms with E-state index in [9.17, 15) is 9.18 Å². The molecule has 1 heterocycles. The molecule has 1 saturated heterocycles. The average molecular weight is 303 g/mol. The molecule has 110 valence electrons. The average Bonchev–Trinajstić information content (AvgIpc) is 2.44. The van der Waals surface area contributed by atoms with Crippen molar-refractivity contribution in [2.45, 2.75) is 13.0 Å². The van der Waals surface area contributed by atoms with Crippen LogP contribution < -0.4 is 10.6 Å². The minimum absolute atomic E-state index is 0.153. The second kappa shape index (κ2) is 6.88. The number of halogens is 2. The number of urea groups is 1. The summed E-state index contributed by atoms with van der Waals surface area (Å²) in [5.74, 6) is -0.409. The highest BCUT2D eigenvalue weighted by atomic mass is 35.5. The Morgan fingerprint density at radius 3 is 3.00 bits per heavy atom. The summed E-state index contributed by atoms with van der Waals surface area (Å²) in [5, 5.41) is 5.38. The normalized spacial score (nSPS) is 18.6. The van der Waals surface area contributed by atoms with Gasteiger partial charge < -0.3 is 20.1 Å². The largest absolute Gasteiger partial charge is 0.376 e. The lowest BCUT2D eigenvalue weighted by molar-refractivity contribution is -0.0852. The van der Waals surface area contributed by atoms with E-state index in [1.807, 2.05) is 0 Å². The van der Waals surface area contributed by atoms with Crippen LogP contribution in [-0.2, 0) is 9.47 Å². The topological polar surface area (TPSA) is 59.6 Å². The molecule has 0 saturated carbocycles. The molecule has 0 radical (unpaired) electrons. The molecule has 0 bridgehead atoms. The van der Waals surface area contributed by atoms with Crippen LogP contribution in [0.4, 0.5) is 14.9 Å². The van der Waals surface area contributed by atoms with Crippen LogP contribution in [-0.4, -0.2) is 38.5 Å². The van der Waals surface area contributed by atoms with Crippen molar-refractivity contribution in [1.29, 1.82) is 0 Å². The van der Waals surface area contributed by atoms with Gasteiger partial charge in [-0.1, -0.05) is 11.6 Å². The van der Waals surface area contributed by atoms with E-state index in [1.165, 1.54) is 12.1 Å². The zero-order chi connectivity index (χ0) is 14.5. The van der Waals surface area contributed by atoms with Gasteiger partial charge in [-0.25, -0.2) is 9.18 Å². The van der Waals surface area contributed by atoms with Gasteiger partial charge in [0.15, 0.2) is 0 Å². The number of aryl methyl sites for hydroxylation is 1. The number of nitrogens with one attached hydrogen (secondary N) is 2. The van der Waals surface area contributed by atoms with Gasteiger partial charge >= 0.3 is 6.03 Å². The van der Waals surface area contributed by atoms with Crippen molar-refractivity contribution >= 4 is 23.3 Å². The standard InChI is InChI=1S/C13H16ClFN2O3/c1-8-4-12(10(14)5-11(8)15)17-13(18)16-6-9-7-19-2-3-20-9/h4-5,9H,2-3,6-7H2,1H3,(H2,16,17,18)/t9-/m1/s1. The molecule has 5 nitrogen and oxygen atoms in total. The Morgan fingerprint density at radius 2 is 2.30 bits per heavy atom. The Kier molecular flexibility index (Phi) is 5.17. The molecule has 1 aromatic rings. The molecule has 2 amide bonds. The van der Waals surface area contributed by atoms with Gasteiger partial charge in [0.25, 0.3) is 0 Å². The molecule has 1 aliphatic rings. The first-order valence-electron chi connectivity index (χ1n) is 6.26. The maximum absolute atomic E-state index is 13.2. The summed E-state index contributed by atoms with van der Waals surface area (Å²) in [6.07, 6.45) is -0.153. The van der Waals surface area contributed by atoms with Crippen LogP contribution in [0.15, 0.2) is 12.1 Å². The summed E-state index contributed by atoms with van der Waals surface area (Å²) in [6.45, 7) is 3.49. The van der Waals surface area contributed by atoms with Crippen molar-refractivity contribution in [2.75, 3.05) is 31.7 Å². The van der Waals surface area contributed by atoms with Gasteiger partial charge in [0, 0.05) is 6.54 Å². The highest BCUT2D eigenvalue weighted by molar-refractivity contribution is 6.33. The molecule has 1 fully saturated rings. The summed E-state index contributed by atoms with van der Waals surface area (Å²) < 4.78 is 23.9. The summed E-state index contributed by atoms with van der Waals surface area (Å²) in [4.78, 5) is 11.7. The van der Waals surface area contributed by atoms with Crippen LogP contribution >= 0.6 is 11.6 Å². The van der Waals surface area contributed by atoms with Gasteiger partial charge in [-0.15, -0.1) is 0 Å². The van der Waals surface area contributed by atoms with Crippen molar-refractivity contribution in [2.24, 2.45) is 0 Å². The van der Waals surface area contributed by atoms with Gasteiger partial charge in [0.05, 0.1) is 36.6 Å². The Balaban J connectivity index is 1.86. The highest BCUT2D eigenvalue weighted by Gasteiger charge is 2.15. The number of benzene rings is 1. The third-order valence-corrected chi connectivity index (χ3v) is 3.18. The predicted molar refractivity (Wildman–Crippen MR) is 73.7 cm³/mol. The van der Waals surface area contributed by atoms with E-state index < -0.39 is 11.8 Å². The maximum Gasteiger partial charge on any atom is 0.319 e. The molecular formula is C13H16ClFN2O3. The Labute approximate surface area is 121 Å².